The molecule has 48 valence electrons. The van der Waals surface area contributed by atoms with Gasteiger partial charge in [-0.05, 0) is 15.9 Å². The van der Waals surface area contributed by atoms with Crippen LogP contribution in [0.4, 0.5) is 0 Å². The monoisotopic (exact) mass is 221 g/mol. The van der Waals surface area contributed by atoms with Crippen LogP contribution in [0.2, 0.25) is 0 Å². The van der Waals surface area contributed by atoms with E-state index < -0.39 is 0 Å². The molecule has 0 spiro atoms. The van der Waals surface area contributed by atoms with Crippen LogP contribution in [0, 0.1) is 0 Å². The second-order valence-electron chi connectivity index (χ2n) is 1.50. The zero-order valence-corrected chi connectivity index (χ0v) is 7.65. The Morgan fingerprint density at radius 2 is 2.33 bits per heavy atom. The topological polar surface area (TPSA) is 26.0 Å². The summed E-state index contributed by atoms with van der Waals surface area (Å²) < 4.78 is 0.986. The fourth-order valence-electron chi connectivity index (χ4n) is 0.457. The van der Waals surface area contributed by atoms with E-state index in [1.54, 1.807) is 11.3 Å². The van der Waals surface area contributed by atoms with Crippen molar-refractivity contribution in [2.24, 2.45) is 5.73 Å². The third-order valence-electron chi connectivity index (χ3n) is 0.880. The smallest absolute Gasteiger partial charge is 0.105 e. The highest BCUT2D eigenvalue weighted by Crippen LogP contribution is 2.20. The minimum atomic E-state index is 0.447. The maximum atomic E-state index is 5.37. The van der Waals surface area contributed by atoms with Crippen LogP contribution < -0.4 is 5.73 Å². The first kappa shape index (κ1) is 7.18. The molecule has 0 atom stereocenters. The average Bonchev–Trinajstić information content (AvgIpc) is 2.13. The fourth-order valence-corrected chi connectivity index (χ4v) is 2.34. The summed E-state index contributed by atoms with van der Waals surface area (Å²) in [5, 5.41) is 3.88. The molecule has 0 bridgehead atoms. The van der Waals surface area contributed by atoms with Gasteiger partial charge in [0.1, 0.15) is 4.99 Å². The lowest BCUT2D eigenvalue weighted by Crippen LogP contribution is -2.08. The minimum Gasteiger partial charge on any atom is -0.389 e. The van der Waals surface area contributed by atoms with E-state index in [9.17, 15) is 0 Å². The van der Waals surface area contributed by atoms with Crippen molar-refractivity contribution in [3.63, 3.8) is 0 Å². The van der Waals surface area contributed by atoms with E-state index >= 15 is 0 Å². The predicted octanol–water partition coefficient (Wildman–Crippen LogP) is 2.14. The number of thiocarbonyl (C=S) groups is 1. The summed E-state index contributed by atoms with van der Waals surface area (Å²) >= 11 is 9.65. The van der Waals surface area contributed by atoms with E-state index in [1.165, 1.54) is 0 Å². The summed E-state index contributed by atoms with van der Waals surface area (Å²) in [6.45, 7) is 0. The quantitative estimate of drug-likeness (QED) is 0.736. The molecule has 1 nitrogen and oxygen atoms in total. The Labute approximate surface area is 71.0 Å². The highest BCUT2D eigenvalue weighted by molar-refractivity contribution is 9.10. The number of hydrogen-bond acceptors (Lipinski definition) is 2. The van der Waals surface area contributed by atoms with Crippen molar-refractivity contribution in [2.45, 2.75) is 0 Å². The highest BCUT2D eigenvalue weighted by Gasteiger charge is 2.00. The van der Waals surface area contributed by atoms with Crippen molar-refractivity contribution < 1.29 is 0 Å². The van der Waals surface area contributed by atoms with Gasteiger partial charge in [-0.2, -0.15) is 11.3 Å². The van der Waals surface area contributed by atoms with E-state index in [0.29, 0.717) is 4.99 Å². The van der Waals surface area contributed by atoms with Crippen LogP contribution in [0.25, 0.3) is 0 Å². The van der Waals surface area contributed by atoms with Gasteiger partial charge in [-0.1, -0.05) is 12.2 Å². The number of hydrogen-bond donors (Lipinski definition) is 1. The molecule has 0 aromatic carbocycles. The van der Waals surface area contributed by atoms with Gasteiger partial charge in [0.15, 0.2) is 0 Å². The first-order valence-electron chi connectivity index (χ1n) is 2.23. The molecule has 0 aliphatic rings. The van der Waals surface area contributed by atoms with Crippen LogP contribution in [-0.4, -0.2) is 4.99 Å². The SMILES string of the molecule is NC(=S)c1cscc1Br. The molecule has 1 heterocycles. The third-order valence-corrected chi connectivity index (χ3v) is 2.80. The Morgan fingerprint density at radius 1 is 1.67 bits per heavy atom. The Bertz CT molecular complexity index is 231. The molecule has 0 radical (unpaired) electrons. The van der Waals surface area contributed by atoms with Crippen LogP contribution in [0.5, 0.6) is 0 Å². The molecule has 1 aromatic heterocycles. The average molecular weight is 222 g/mol. The summed E-state index contributed by atoms with van der Waals surface area (Å²) in [5.74, 6) is 0. The first-order chi connectivity index (χ1) is 4.22. The first-order valence-corrected chi connectivity index (χ1v) is 4.37. The largest absolute Gasteiger partial charge is 0.389 e. The highest BCUT2D eigenvalue weighted by atomic mass is 79.9. The summed E-state index contributed by atoms with van der Waals surface area (Å²) in [4.78, 5) is 0.447. The van der Waals surface area contributed by atoms with Crippen LogP contribution >= 0.6 is 39.5 Å². The molecular formula is C5H4BrNS2. The lowest BCUT2D eigenvalue weighted by atomic mass is 10.3. The molecule has 0 amide bonds. The standard InChI is InChI=1S/C5H4BrNS2/c6-4-2-9-1-3(4)5(7)8/h1-2H,(H2,7,8). The van der Waals surface area contributed by atoms with E-state index in [4.69, 9.17) is 18.0 Å². The Kier molecular flexibility index (Phi) is 2.21. The molecule has 4 heteroatoms. The van der Waals surface area contributed by atoms with Gasteiger partial charge < -0.3 is 5.73 Å². The van der Waals surface area contributed by atoms with Crippen LogP contribution in [0.3, 0.4) is 0 Å². The van der Waals surface area contributed by atoms with Crippen LogP contribution in [0.15, 0.2) is 15.2 Å². The molecule has 0 fully saturated rings. The van der Waals surface area contributed by atoms with Gasteiger partial charge in [0.05, 0.1) is 0 Å². The third kappa shape index (κ3) is 1.50. The lowest BCUT2D eigenvalue weighted by molar-refractivity contribution is 1.70. The maximum Gasteiger partial charge on any atom is 0.105 e. The molecular weight excluding hydrogens is 218 g/mol. The molecule has 1 rings (SSSR count). The number of nitrogens with two attached hydrogens (primary N) is 1. The zero-order chi connectivity index (χ0) is 6.85. The van der Waals surface area contributed by atoms with Gasteiger partial charge in [0.2, 0.25) is 0 Å². The number of halogens is 1. The van der Waals surface area contributed by atoms with Crippen molar-refractivity contribution in [3.05, 3.63) is 20.8 Å². The van der Waals surface area contributed by atoms with Crippen LogP contribution in [0.1, 0.15) is 5.56 Å². The molecule has 2 N–H and O–H groups in total. The van der Waals surface area contributed by atoms with E-state index in [0.717, 1.165) is 10.0 Å². The van der Waals surface area contributed by atoms with Crippen molar-refractivity contribution in [1.82, 2.24) is 0 Å². The summed E-state index contributed by atoms with van der Waals surface area (Å²) in [6, 6.07) is 0. The van der Waals surface area contributed by atoms with Gasteiger partial charge in [0, 0.05) is 20.8 Å². The second-order valence-corrected chi connectivity index (χ2v) is 3.54. The summed E-state index contributed by atoms with van der Waals surface area (Å²) in [6.07, 6.45) is 0. The normalized spacial score (nSPS) is 9.44. The molecule has 0 unspecified atom stereocenters. The Morgan fingerprint density at radius 3 is 2.56 bits per heavy atom. The minimum absolute atomic E-state index is 0.447. The summed E-state index contributed by atoms with van der Waals surface area (Å²) in [7, 11) is 0. The van der Waals surface area contributed by atoms with Gasteiger partial charge in [0.25, 0.3) is 0 Å². The Hall–Kier alpha value is 0.0700. The lowest BCUT2D eigenvalue weighted by Gasteiger charge is -1.90. The van der Waals surface area contributed by atoms with Crippen molar-refractivity contribution in [2.75, 3.05) is 0 Å². The fraction of sp³-hybridized carbons (Fsp3) is 0. The molecule has 0 saturated carbocycles. The second kappa shape index (κ2) is 2.77. The molecule has 9 heavy (non-hydrogen) atoms. The molecule has 0 saturated heterocycles. The van der Waals surface area contributed by atoms with E-state index in [2.05, 4.69) is 15.9 Å². The number of thiophene rings is 1. The molecule has 0 aliphatic heterocycles. The van der Waals surface area contributed by atoms with Crippen molar-refractivity contribution >= 4 is 44.5 Å². The van der Waals surface area contributed by atoms with Crippen molar-refractivity contribution in [3.8, 4) is 0 Å². The van der Waals surface area contributed by atoms with Gasteiger partial charge in [-0.15, -0.1) is 0 Å². The predicted molar refractivity (Wildman–Crippen MR) is 47.9 cm³/mol. The molecule has 1 aromatic rings. The molecule has 0 aliphatic carbocycles. The zero-order valence-electron chi connectivity index (χ0n) is 4.43. The van der Waals surface area contributed by atoms with Gasteiger partial charge in [-0.3, -0.25) is 0 Å². The summed E-state index contributed by atoms with van der Waals surface area (Å²) in [5.41, 5.74) is 6.29. The maximum absolute atomic E-state index is 5.37. The number of rotatable bonds is 1. The Balaban J connectivity index is 3.08. The van der Waals surface area contributed by atoms with E-state index in [1.807, 2.05) is 10.8 Å². The van der Waals surface area contributed by atoms with Crippen LogP contribution in [-0.2, 0) is 0 Å². The van der Waals surface area contributed by atoms with Crippen molar-refractivity contribution in [1.29, 1.82) is 0 Å². The van der Waals surface area contributed by atoms with Gasteiger partial charge in [-0.25, -0.2) is 0 Å². The van der Waals surface area contributed by atoms with Gasteiger partial charge >= 0.3 is 0 Å². The van der Waals surface area contributed by atoms with E-state index in [-0.39, 0.29) is 0 Å².